The van der Waals surface area contributed by atoms with Gasteiger partial charge in [0.05, 0.1) is 31.0 Å². The van der Waals surface area contributed by atoms with Crippen molar-refractivity contribution in [1.82, 2.24) is 24.7 Å². The second-order valence-corrected chi connectivity index (χ2v) is 8.70. The molecule has 2 aliphatic rings. The molecule has 0 unspecified atom stereocenters. The lowest BCUT2D eigenvalue weighted by molar-refractivity contribution is 0.0365. The van der Waals surface area contributed by atoms with Crippen LogP contribution in [0.15, 0.2) is 73.2 Å². The van der Waals surface area contributed by atoms with Gasteiger partial charge in [-0.1, -0.05) is 24.3 Å². The van der Waals surface area contributed by atoms with Crippen molar-refractivity contribution < 1.29 is 4.74 Å². The van der Waals surface area contributed by atoms with Crippen molar-refractivity contribution in [3.63, 3.8) is 0 Å². The number of nitrogens with one attached hydrogen (secondary N) is 1. The fraction of sp³-hybridized carbons (Fsp3) is 0.360. The zero-order valence-electron chi connectivity index (χ0n) is 18.1. The van der Waals surface area contributed by atoms with E-state index < -0.39 is 0 Å². The van der Waals surface area contributed by atoms with E-state index in [2.05, 4.69) is 73.5 Å². The molecule has 0 radical (unpaired) electrons. The molecule has 4 heterocycles. The van der Waals surface area contributed by atoms with Gasteiger partial charge in [-0.15, -0.1) is 0 Å². The van der Waals surface area contributed by atoms with Crippen LogP contribution >= 0.6 is 12.2 Å². The van der Waals surface area contributed by atoms with Crippen LogP contribution in [0.3, 0.4) is 0 Å². The molecular weight excluding hydrogens is 418 g/mol. The fourth-order valence-corrected chi connectivity index (χ4v) is 4.98. The Bertz CT molecular complexity index is 1020. The minimum Gasteiger partial charge on any atom is -0.379 e. The molecule has 166 valence electrons. The lowest BCUT2D eigenvalue weighted by Gasteiger charge is -2.30. The lowest BCUT2D eigenvalue weighted by Crippen LogP contribution is -2.38. The summed E-state index contributed by atoms with van der Waals surface area (Å²) >= 11 is 5.81. The number of morpholine rings is 1. The van der Waals surface area contributed by atoms with E-state index in [0.717, 1.165) is 62.3 Å². The van der Waals surface area contributed by atoms with Crippen molar-refractivity contribution >= 4 is 17.3 Å². The number of ether oxygens (including phenoxy) is 1. The number of rotatable bonds is 7. The number of para-hydroxylation sites is 1. The van der Waals surface area contributed by atoms with Crippen LogP contribution in [0.2, 0.25) is 0 Å². The van der Waals surface area contributed by atoms with E-state index in [4.69, 9.17) is 17.0 Å². The number of hydrogen-bond donors (Lipinski definition) is 1. The van der Waals surface area contributed by atoms with Crippen LogP contribution in [0.25, 0.3) is 5.69 Å². The fourth-order valence-electron chi connectivity index (χ4n) is 4.65. The van der Waals surface area contributed by atoms with Crippen molar-refractivity contribution in [2.75, 3.05) is 39.4 Å². The highest BCUT2D eigenvalue weighted by Gasteiger charge is 2.39. The third-order valence-electron chi connectivity index (χ3n) is 6.29. The van der Waals surface area contributed by atoms with E-state index in [1.807, 2.05) is 24.4 Å². The molecule has 7 heteroatoms. The smallest absolute Gasteiger partial charge is 0.170 e. The van der Waals surface area contributed by atoms with Gasteiger partial charge in [0.25, 0.3) is 0 Å². The average molecular weight is 448 g/mol. The molecule has 2 aliphatic heterocycles. The number of benzene rings is 1. The summed E-state index contributed by atoms with van der Waals surface area (Å²) in [4.78, 5) is 9.47. The Morgan fingerprint density at radius 1 is 1.00 bits per heavy atom. The predicted octanol–water partition coefficient (Wildman–Crippen LogP) is 3.57. The second-order valence-electron chi connectivity index (χ2n) is 8.32. The molecule has 6 nitrogen and oxygen atoms in total. The Kier molecular flexibility index (Phi) is 6.48. The van der Waals surface area contributed by atoms with Gasteiger partial charge in [-0.25, -0.2) is 0 Å². The monoisotopic (exact) mass is 447 g/mol. The van der Waals surface area contributed by atoms with Gasteiger partial charge in [-0.2, -0.15) is 0 Å². The van der Waals surface area contributed by atoms with E-state index in [0.29, 0.717) is 0 Å². The Balaban J connectivity index is 1.39. The topological polar surface area (TPSA) is 45.6 Å². The van der Waals surface area contributed by atoms with E-state index in [1.54, 1.807) is 0 Å². The molecule has 0 saturated carbocycles. The van der Waals surface area contributed by atoms with Gasteiger partial charge in [0.15, 0.2) is 5.11 Å². The largest absolute Gasteiger partial charge is 0.379 e. The summed E-state index contributed by atoms with van der Waals surface area (Å²) in [6, 6.07) is 18.8. The van der Waals surface area contributed by atoms with E-state index in [-0.39, 0.29) is 12.1 Å². The van der Waals surface area contributed by atoms with Crippen LogP contribution < -0.4 is 5.32 Å². The van der Waals surface area contributed by atoms with Crippen LogP contribution in [0, 0.1) is 0 Å². The van der Waals surface area contributed by atoms with E-state index in [1.165, 1.54) is 5.56 Å². The summed E-state index contributed by atoms with van der Waals surface area (Å²) < 4.78 is 7.66. The third kappa shape index (κ3) is 4.55. The lowest BCUT2D eigenvalue weighted by atomic mass is 9.99. The zero-order chi connectivity index (χ0) is 21.8. The first kappa shape index (κ1) is 21.1. The maximum absolute atomic E-state index is 5.81. The molecule has 1 aromatic carbocycles. The molecule has 32 heavy (non-hydrogen) atoms. The summed E-state index contributed by atoms with van der Waals surface area (Å²) in [6.45, 7) is 5.68. The minimum absolute atomic E-state index is 0.0266. The van der Waals surface area contributed by atoms with Crippen LogP contribution in [-0.4, -0.2) is 63.9 Å². The van der Waals surface area contributed by atoms with Crippen molar-refractivity contribution in [3.05, 3.63) is 84.4 Å². The van der Waals surface area contributed by atoms with Gasteiger partial charge in [-0.3, -0.25) is 9.88 Å². The Labute approximate surface area is 194 Å². The highest BCUT2D eigenvalue weighted by atomic mass is 32.1. The first-order valence-corrected chi connectivity index (χ1v) is 11.7. The van der Waals surface area contributed by atoms with Crippen LogP contribution in [0.1, 0.15) is 29.8 Å². The van der Waals surface area contributed by atoms with Gasteiger partial charge in [-0.05, 0) is 54.5 Å². The molecular formula is C25H29N5OS. The van der Waals surface area contributed by atoms with Crippen molar-refractivity contribution in [2.24, 2.45) is 0 Å². The van der Waals surface area contributed by atoms with Gasteiger partial charge in [0.2, 0.25) is 0 Å². The molecule has 3 aromatic rings. The summed E-state index contributed by atoms with van der Waals surface area (Å²) in [5, 5.41) is 4.36. The predicted molar refractivity (Wildman–Crippen MR) is 130 cm³/mol. The Morgan fingerprint density at radius 2 is 1.81 bits per heavy atom. The molecule has 0 amide bonds. The van der Waals surface area contributed by atoms with Gasteiger partial charge in [0.1, 0.15) is 0 Å². The summed E-state index contributed by atoms with van der Waals surface area (Å²) in [5.41, 5.74) is 3.41. The third-order valence-corrected chi connectivity index (χ3v) is 6.64. The minimum atomic E-state index is 0.0266. The van der Waals surface area contributed by atoms with Crippen LogP contribution in [0.4, 0.5) is 0 Å². The molecule has 1 N–H and O–H groups in total. The van der Waals surface area contributed by atoms with Gasteiger partial charge in [0, 0.05) is 50.5 Å². The highest BCUT2D eigenvalue weighted by Crippen LogP contribution is 2.39. The van der Waals surface area contributed by atoms with Crippen LogP contribution in [-0.2, 0) is 4.74 Å². The first-order chi connectivity index (χ1) is 15.8. The van der Waals surface area contributed by atoms with Gasteiger partial charge >= 0.3 is 0 Å². The molecule has 0 spiro atoms. The van der Waals surface area contributed by atoms with E-state index >= 15 is 0 Å². The summed E-state index contributed by atoms with van der Waals surface area (Å²) in [6.07, 6.45) is 7.27. The summed E-state index contributed by atoms with van der Waals surface area (Å²) in [5.74, 6) is 0. The quantitative estimate of drug-likeness (QED) is 0.559. The van der Waals surface area contributed by atoms with E-state index in [9.17, 15) is 0 Å². The normalized spacial score (nSPS) is 21.6. The summed E-state index contributed by atoms with van der Waals surface area (Å²) in [7, 11) is 0. The maximum Gasteiger partial charge on any atom is 0.170 e. The molecule has 2 aromatic heterocycles. The van der Waals surface area contributed by atoms with Crippen molar-refractivity contribution in [3.8, 4) is 5.69 Å². The SMILES string of the molecule is S=C1N[C@@H](c2ccccn2)[C@@H](c2ccn(-c3ccccc3)c2)N1CCCN1CCOCC1. The molecule has 0 aliphatic carbocycles. The number of aromatic nitrogens is 2. The maximum atomic E-state index is 5.81. The number of nitrogens with zero attached hydrogens (tertiary/aromatic N) is 4. The Morgan fingerprint density at radius 3 is 2.59 bits per heavy atom. The standard InChI is InChI=1S/C25H29N5OS/c32-25-27-23(22-9-4-5-11-26-22)24(30(25)13-6-12-28-15-17-31-18-16-28)20-10-14-29(19-20)21-7-2-1-3-8-21/h1-5,7-11,14,19,23-24H,6,12-13,15-18H2,(H,27,32)/t23-,24+/m0/s1. The van der Waals surface area contributed by atoms with Crippen molar-refractivity contribution in [1.29, 1.82) is 0 Å². The van der Waals surface area contributed by atoms with Crippen molar-refractivity contribution in [2.45, 2.75) is 18.5 Å². The molecule has 2 atom stereocenters. The average Bonchev–Trinajstić information content (AvgIpc) is 3.46. The molecule has 0 bridgehead atoms. The number of pyridine rings is 1. The Hall–Kier alpha value is -2.74. The molecule has 5 rings (SSSR count). The highest BCUT2D eigenvalue weighted by molar-refractivity contribution is 7.80. The number of thiocarbonyl (C=S) groups is 1. The van der Waals surface area contributed by atoms with Gasteiger partial charge < -0.3 is 19.5 Å². The molecule has 2 fully saturated rings. The van der Waals surface area contributed by atoms with Crippen LogP contribution in [0.5, 0.6) is 0 Å². The second kappa shape index (κ2) is 9.81. The number of hydrogen-bond acceptors (Lipinski definition) is 4. The zero-order valence-corrected chi connectivity index (χ0v) is 19.0. The molecule has 2 saturated heterocycles. The first-order valence-electron chi connectivity index (χ1n) is 11.3.